The van der Waals surface area contributed by atoms with Gasteiger partial charge < -0.3 is 5.73 Å². The zero-order chi connectivity index (χ0) is 14.3. The largest absolute Gasteiger partial charge is 0.395 e. The van der Waals surface area contributed by atoms with Crippen LogP contribution < -0.4 is 10.5 Å². The number of benzene rings is 1. The highest BCUT2D eigenvalue weighted by molar-refractivity contribution is 7.94. The molecule has 1 atom stereocenters. The molecular weight excluding hydrogens is 295 g/mol. The fourth-order valence-electron chi connectivity index (χ4n) is 1.66. The first-order valence-electron chi connectivity index (χ1n) is 5.18. The predicted octanol–water partition coefficient (Wildman–Crippen LogP) is -0.00310. The minimum atomic E-state index is -4.08. The molecule has 1 aromatic carbocycles. The van der Waals surface area contributed by atoms with Crippen molar-refractivity contribution in [2.75, 3.05) is 11.5 Å². The number of sulfonamides is 1. The Kier molecular flexibility index (Phi) is 3.37. The Balaban J connectivity index is 2.30. The molecule has 3 N–H and O–H groups in total. The second-order valence-electron chi connectivity index (χ2n) is 4.04. The molecule has 0 radical (unpaired) electrons. The van der Waals surface area contributed by atoms with E-state index in [0.29, 0.717) is 0 Å². The zero-order valence-electron chi connectivity index (χ0n) is 9.58. The van der Waals surface area contributed by atoms with Crippen molar-refractivity contribution in [1.82, 2.24) is 4.72 Å². The molecule has 19 heavy (non-hydrogen) atoms. The molecule has 0 amide bonds. The van der Waals surface area contributed by atoms with E-state index in [0.717, 1.165) is 17.5 Å². The van der Waals surface area contributed by atoms with Crippen LogP contribution in [0.5, 0.6) is 0 Å². The summed E-state index contributed by atoms with van der Waals surface area (Å²) in [7, 11) is -7.46. The van der Waals surface area contributed by atoms with Gasteiger partial charge in [0.25, 0.3) is 0 Å². The van der Waals surface area contributed by atoms with E-state index in [2.05, 4.69) is 4.72 Å². The average molecular weight is 306 g/mol. The van der Waals surface area contributed by atoms with Crippen molar-refractivity contribution in [2.24, 2.45) is 0 Å². The lowest BCUT2D eigenvalue weighted by atomic mass is 10.3. The Labute approximate surface area is 110 Å². The van der Waals surface area contributed by atoms with Gasteiger partial charge in [-0.1, -0.05) is 12.1 Å². The van der Waals surface area contributed by atoms with Gasteiger partial charge in [-0.05, 0) is 12.1 Å². The van der Waals surface area contributed by atoms with Crippen LogP contribution in [-0.2, 0) is 19.9 Å². The molecule has 0 spiro atoms. The Morgan fingerprint density at radius 3 is 2.63 bits per heavy atom. The molecule has 0 aliphatic carbocycles. The van der Waals surface area contributed by atoms with Gasteiger partial charge in [0.2, 0.25) is 10.0 Å². The highest BCUT2D eigenvalue weighted by Gasteiger charge is 2.28. The summed E-state index contributed by atoms with van der Waals surface area (Å²) in [6.45, 7) is 0. The number of nitrogens with two attached hydrogens (primary N) is 1. The number of nitrogen functional groups attached to an aromatic ring is 1. The van der Waals surface area contributed by atoms with E-state index in [1.165, 1.54) is 12.1 Å². The molecule has 1 unspecified atom stereocenters. The Hall–Kier alpha value is -1.45. The van der Waals surface area contributed by atoms with Crippen LogP contribution in [0.4, 0.5) is 10.1 Å². The summed E-state index contributed by atoms with van der Waals surface area (Å²) in [5, 5.41) is 0.940. The van der Waals surface area contributed by atoms with Crippen LogP contribution >= 0.6 is 0 Å². The van der Waals surface area contributed by atoms with E-state index < -0.39 is 42.3 Å². The van der Waals surface area contributed by atoms with Crippen molar-refractivity contribution in [2.45, 2.75) is 10.9 Å². The van der Waals surface area contributed by atoms with Crippen LogP contribution in [0.3, 0.4) is 0 Å². The van der Waals surface area contributed by atoms with Gasteiger partial charge in [0.1, 0.15) is 10.7 Å². The third-order valence-corrected chi connectivity index (χ3v) is 5.48. The van der Waals surface area contributed by atoms with Gasteiger partial charge in [-0.2, -0.15) is 0 Å². The third-order valence-electron chi connectivity index (χ3n) is 2.54. The van der Waals surface area contributed by atoms with Crippen molar-refractivity contribution < 1.29 is 21.2 Å². The average Bonchev–Trinajstić information content (AvgIpc) is 2.61. The molecule has 0 saturated carbocycles. The maximum Gasteiger partial charge on any atom is 0.243 e. The van der Waals surface area contributed by atoms with E-state index in [1.807, 2.05) is 0 Å². The second kappa shape index (κ2) is 4.58. The number of nitrogens with one attached hydrogen (secondary N) is 1. The Morgan fingerprint density at radius 2 is 2.05 bits per heavy atom. The van der Waals surface area contributed by atoms with Gasteiger partial charge in [0.15, 0.2) is 9.84 Å². The number of sulfone groups is 1. The first-order chi connectivity index (χ1) is 8.71. The fraction of sp³-hybridized carbons (Fsp3) is 0.200. The first kappa shape index (κ1) is 14.0. The minimum absolute atomic E-state index is 0.360. The zero-order valence-corrected chi connectivity index (χ0v) is 11.2. The predicted molar refractivity (Wildman–Crippen MR) is 67.8 cm³/mol. The molecule has 1 aromatic rings. The smallest absolute Gasteiger partial charge is 0.243 e. The van der Waals surface area contributed by atoms with Crippen molar-refractivity contribution >= 4 is 25.5 Å². The summed E-state index contributed by atoms with van der Waals surface area (Å²) in [4.78, 5) is -0.412. The Morgan fingerprint density at radius 1 is 1.37 bits per heavy atom. The van der Waals surface area contributed by atoms with Gasteiger partial charge >= 0.3 is 0 Å². The van der Waals surface area contributed by atoms with E-state index in [1.54, 1.807) is 0 Å². The molecule has 2 rings (SSSR count). The third kappa shape index (κ3) is 2.94. The summed E-state index contributed by atoms with van der Waals surface area (Å²) in [5.74, 6) is -1.21. The standard InChI is InChI=1S/C10H11FN2O4S2/c11-8-2-1-3-9(10(8)12)19(16,17)13-7-4-5-18(14,15)6-7/h1-5,7,13H,6,12H2. The molecule has 1 aliphatic heterocycles. The quantitative estimate of drug-likeness (QED) is 0.764. The molecule has 9 heteroatoms. The van der Waals surface area contributed by atoms with Gasteiger partial charge in [0.05, 0.1) is 17.5 Å². The molecule has 0 bridgehead atoms. The number of para-hydroxylation sites is 1. The second-order valence-corrected chi connectivity index (χ2v) is 7.65. The van der Waals surface area contributed by atoms with Gasteiger partial charge in [0, 0.05) is 5.41 Å². The summed E-state index contributed by atoms with van der Waals surface area (Å²) >= 11 is 0. The van der Waals surface area contributed by atoms with Crippen molar-refractivity contribution in [3.63, 3.8) is 0 Å². The number of anilines is 1. The molecule has 0 fully saturated rings. The lowest BCUT2D eigenvalue weighted by Gasteiger charge is -2.12. The number of halogens is 1. The van der Waals surface area contributed by atoms with Crippen LogP contribution in [0.2, 0.25) is 0 Å². The molecular formula is C10H11FN2O4S2. The lowest BCUT2D eigenvalue weighted by molar-refractivity contribution is 0.572. The maximum atomic E-state index is 13.2. The normalized spacial score (nSPS) is 21.6. The minimum Gasteiger partial charge on any atom is -0.395 e. The summed E-state index contributed by atoms with van der Waals surface area (Å²) in [6, 6.07) is 2.52. The van der Waals surface area contributed by atoms with Crippen LogP contribution in [0.1, 0.15) is 0 Å². The van der Waals surface area contributed by atoms with Gasteiger partial charge in [-0.3, -0.25) is 0 Å². The first-order valence-corrected chi connectivity index (χ1v) is 8.38. The van der Waals surface area contributed by atoms with E-state index in [9.17, 15) is 21.2 Å². The summed E-state index contributed by atoms with van der Waals surface area (Å²) < 4.78 is 61.7. The van der Waals surface area contributed by atoms with Gasteiger partial charge in [-0.15, -0.1) is 0 Å². The fourth-order valence-corrected chi connectivity index (χ4v) is 4.34. The molecule has 0 aromatic heterocycles. The van der Waals surface area contributed by atoms with Gasteiger partial charge in [-0.25, -0.2) is 25.9 Å². The molecule has 0 saturated heterocycles. The Bertz CT molecular complexity index is 741. The molecule has 6 nitrogen and oxygen atoms in total. The number of hydrogen-bond donors (Lipinski definition) is 2. The van der Waals surface area contributed by atoms with E-state index in [-0.39, 0.29) is 5.75 Å². The topological polar surface area (TPSA) is 106 Å². The number of hydrogen-bond acceptors (Lipinski definition) is 5. The van der Waals surface area contributed by atoms with Crippen LogP contribution in [0.15, 0.2) is 34.6 Å². The van der Waals surface area contributed by atoms with Crippen molar-refractivity contribution in [3.05, 3.63) is 35.5 Å². The highest BCUT2D eigenvalue weighted by atomic mass is 32.2. The van der Waals surface area contributed by atoms with Crippen LogP contribution in [-0.4, -0.2) is 28.6 Å². The molecule has 1 heterocycles. The van der Waals surface area contributed by atoms with E-state index in [4.69, 9.17) is 5.73 Å². The summed E-state index contributed by atoms with van der Waals surface area (Å²) in [5.41, 5.74) is 4.87. The van der Waals surface area contributed by atoms with Crippen molar-refractivity contribution in [1.29, 1.82) is 0 Å². The van der Waals surface area contributed by atoms with Crippen molar-refractivity contribution in [3.8, 4) is 0 Å². The maximum absolute atomic E-state index is 13.2. The van der Waals surface area contributed by atoms with Crippen LogP contribution in [0, 0.1) is 5.82 Å². The van der Waals surface area contributed by atoms with E-state index >= 15 is 0 Å². The number of rotatable bonds is 3. The monoisotopic (exact) mass is 306 g/mol. The molecule has 1 aliphatic rings. The SMILES string of the molecule is Nc1c(F)cccc1S(=O)(=O)NC1C=CS(=O)(=O)C1. The lowest BCUT2D eigenvalue weighted by Crippen LogP contribution is -2.35. The van der Waals surface area contributed by atoms with Crippen LogP contribution in [0.25, 0.3) is 0 Å². The molecule has 104 valence electrons. The summed E-state index contributed by atoms with van der Waals surface area (Å²) in [6.07, 6.45) is 1.22. The highest BCUT2D eigenvalue weighted by Crippen LogP contribution is 2.22.